The number of aromatic nitrogens is 4. The van der Waals surface area contributed by atoms with Crippen molar-refractivity contribution in [3.05, 3.63) is 48.3 Å². The van der Waals surface area contributed by atoms with Gasteiger partial charge >= 0.3 is 0 Å². The highest BCUT2D eigenvalue weighted by atomic mass is 15.3. The van der Waals surface area contributed by atoms with Gasteiger partial charge in [-0.1, -0.05) is 12.1 Å². The molecular formula is C19H22N6. The van der Waals surface area contributed by atoms with Crippen molar-refractivity contribution in [3.63, 3.8) is 0 Å². The fraction of sp³-hybridized carbons (Fsp3) is 0.368. The molecule has 0 radical (unpaired) electrons. The molecule has 0 spiro atoms. The molecule has 0 saturated carbocycles. The molecule has 0 aliphatic carbocycles. The summed E-state index contributed by atoms with van der Waals surface area (Å²) in [5, 5.41) is 8.27. The second-order valence-corrected chi connectivity index (χ2v) is 6.56. The SMILES string of the molecule is Cc1nc2ccccc2nc1N(C)C1CCCN(c2cccnn2)C1. The van der Waals surface area contributed by atoms with Crippen LogP contribution in [0, 0.1) is 6.92 Å². The van der Waals surface area contributed by atoms with Gasteiger partial charge in [0.25, 0.3) is 0 Å². The smallest absolute Gasteiger partial charge is 0.151 e. The topological polar surface area (TPSA) is 58.0 Å². The van der Waals surface area contributed by atoms with Gasteiger partial charge in [0, 0.05) is 32.4 Å². The third-order valence-electron chi connectivity index (χ3n) is 4.88. The van der Waals surface area contributed by atoms with E-state index >= 15 is 0 Å². The van der Waals surface area contributed by atoms with Crippen LogP contribution in [0.5, 0.6) is 0 Å². The van der Waals surface area contributed by atoms with Crippen LogP contribution in [-0.4, -0.2) is 46.3 Å². The van der Waals surface area contributed by atoms with Gasteiger partial charge in [-0.2, -0.15) is 5.10 Å². The molecule has 25 heavy (non-hydrogen) atoms. The molecule has 2 aromatic heterocycles. The highest BCUT2D eigenvalue weighted by Gasteiger charge is 2.26. The monoisotopic (exact) mass is 334 g/mol. The molecule has 1 saturated heterocycles. The van der Waals surface area contributed by atoms with Crippen molar-refractivity contribution in [2.24, 2.45) is 0 Å². The molecule has 3 heterocycles. The van der Waals surface area contributed by atoms with Gasteiger partial charge < -0.3 is 9.80 Å². The van der Waals surface area contributed by atoms with Crippen molar-refractivity contribution in [1.82, 2.24) is 20.2 Å². The Labute approximate surface area is 147 Å². The van der Waals surface area contributed by atoms with Crippen LogP contribution >= 0.6 is 0 Å². The predicted octanol–water partition coefficient (Wildman–Crippen LogP) is 2.83. The summed E-state index contributed by atoms with van der Waals surface area (Å²) < 4.78 is 0. The molecule has 3 aromatic rings. The van der Waals surface area contributed by atoms with Gasteiger partial charge in [-0.15, -0.1) is 5.10 Å². The molecule has 1 unspecified atom stereocenters. The van der Waals surface area contributed by atoms with Crippen LogP contribution in [0.15, 0.2) is 42.6 Å². The zero-order valence-corrected chi connectivity index (χ0v) is 14.6. The number of benzene rings is 1. The van der Waals surface area contributed by atoms with Crippen LogP contribution in [0.4, 0.5) is 11.6 Å². The first kappa shape index (κ1) is 15.7. The minimum Gasteiger partial charge on any atom is -0.353 e. The highest BCUT2D eigenvalue weighted by Crippen LogP contribution is 2.25. The number of piperidine rings is 1. The van der Waals surface area contributed by atoms with Gasteiger partial charge in [0.1, 0.15) is 0 Å². The minimum atomic E-state index is 0.380. The lowest BCUT2D eigenvalue weighted by molar-refractivity contribution is 0.482. The van der Waals surface area contributed by atoms with E-state index < -0.39 is 0 Å². The van der Waals surface area contributed by atoms with E-state index in [1.54, 1.807) is 6.20 Å². The summed E-state index contributed by atoms with van der Waals surface area (Å²) >= 11 is 0. The summed E-state index contributed by atoms with van der Waals surface area (Å²) in [4.78, 5) is 14.2. The highest BCUT2D eigenvalue weighted by molar-refractivity contribution is 5.76. The molecule has 1 aliphatic rings. The fourth-order valence-corrected chi connectivity index (χ4v) is 3.53. The van der Waals surface area contributed by atoms with E-state index in [1.165, 1.54) is 0 Å². The van der Waals surface area contributed by atoms with Crippen molar-refractivity contribution in [2.75, 3.05) is 29.9 Å². The Kier molecular flexibility index (Phi) is 4.17. The number of nitrogens with zero attached hydrogens (tertiary/aromatic N) is 6. The number of anilines is 2. The molecule has 128 valence electrons. The Morgan fingerprint density at radius 3 is 2.64 bits per heavy atom. The lowest BCUT2D eigenvalue weighted by atomic mass is 10.0. The third kappa shape index (κ3) is 3.12. The number of hydrogen-bond donors (Lipinski definition) is 0. The standard InChI is InChI=1S/C19H22N6/c1-14-19(22-17-9-4-3-8-16(17)21-14)24(2)15-7-6-12-25(13-15)18-10-5-11-20-23-18/h3-5,8-11,15H,6-7,12-13H2,1-2H3. The third-order valence-corrected chi connectivity index (χ3v) is 4.88. The second-order valence-electron chi connectivity index (χ2n) is 6.56. The second kappa shape index (κ2) is 6.63. The maximum Gasteiger partial charge on any atom is 0.151 e. The molecule has 6 heteroatoms. The van der Waals surface area contributed by atoms with E-state index in [0.29, 0.717) is 6.04 Å². The number of aryl methyl sites for hydroxylation is 1. The summed E-state index contributed by atoms with van der Waals surface area (Å²) in [5.41, 5.74) is 2.86. The molecule has 0 N–H and O–H groups in total. The summed E-state index contributed by atoms with van der Waals surface area (Å²) in [5.74, 6) is 1.91. The van der Waals surface area contributed by atoms with Crippen LogP contribution in [0.2, 0.25) is 0 Å². The van der Waals surface area contributed by atoms with Crippen LogP contribution in [0.3, 0.4) is 0 Å². The van der Waals surface area contributed by atoms with Gasteiger partial charge in [-0.25, -0.2) is 9.97 Å². The average molecular weight is 334 g/mol. The maximum absolute atomic E-state index is 4.86. The molecule has 6 nitrogen and oxygen atoms in total. The molecular weight excluding hydrogens is 312 g/mol. The first-order valence-electron chi connectivity index (χ1n) is 8.71. The number of fused-ring (bicyclic) bond motifs is 1. The van der Waals surface area contributed by atoms with Gasteiger partial charge in [0.15, 0.2) is 11.6 Å². The van der Waals surface area contributed by atoms with E-state index in [9.17, 15) is 0 Å². The van der Waals surface area contributed by atoms with Gasteiger partial charge in [0.05, 0.1) is 16.7 Å². The first-order chi connectivity index (χ1) is 12.2. The maximum atomic E-state index is 4.86. The Balaban J connectivity index is 1.60. The fourth-order valence-electron chi connectivity index (χ4n) is 3.53. The molecule has 1 atom stereocenters. The predicted molar refractivity (Wildman–Crippen MR) is 99.9 cm³/mol. The van der Waals surface area contributed by atoms with E-state index in [2.05, 4.69) is 27.0 Å². The first-order valence-corrected chi connectivity index (χ1v) is 8.71. The van der Waals surface area contributed by atoms with Crippen molar-refractivity contribution in [3.8, 4) is 0 Å². The Morgan fingerprint density at radius 1 is 1.08 bits per heavy atom. The Morgan fingerprint density at radius 2 is 1.88 bits per heavy atom. The Bertz CT molecular complexity index is 866. The van der Waals surface area contributed by atoms with Gasteiger partial charge in [0.2, 0.25) is 0 Å². The number of rotatable bonds is 3. The zero-order chi connectivity index (χ0) is 17.2. The summed E-state index contributed by atoms with van der Waals surface area (Å²) in [6.45, 7) is 3.98. The minimum absolute atomic E-state index is 0.380. The van der Waals surface area contributed by atoms with Crippen molar-refractivity contribution in [1.29, 1.82) is 0 Å². The largest absolute Gasteiger partial charge is 0.353 e. The number of likely N-dealkylation sites (N-methyl/N-ethyl adjacent to an activating group) is 1. The Hall–Kier alpha value is -2.76. The summed E-state index contributed by atoms with van der Waals surface area (Å²) in [7, 11) is 2.12. The number of hydrogen-bond acceptors (Lipinski definition) is 6. The van der Waals surface area contributed by atoms with E-state index in [1.807, 2.05) is 43.3 Å². The number of para-hydroxylation sites is 2. The van der Waals surface area contributed by atoms with E-state index in [0.717, 1.165) is 54.3 Å². The van der Waals surface area contributed by atoms with Gasteiger partial charge in [-0.3, -0.25) is 0 Å². The quantitative estimate of drug-likeness (QED) is 0.734. The van der Waals surface area contributed by atoms with Crippen LogP contribution in [0.25, 0.3) is 11.0 Å². The van der Waals surface area contributed by atoms with Crippen LogP contribution in [0.1, 0.15) is 18.5 Å². The van der Waals surface area contributed by atoms with Gasteiger partial charge in [-0.05, 0) is 44.0 Å². The molecule has 1 fully saturated rings. The summed E-state index contributed by atoms with van der Waals surface area (Å²) in [6.07, 6.45) is 3.98. The molecule has 1 aromatic carbocycles. The lowest BCUT2D eigenvalue weighted by Gasteiger charge is -2.38. The van der Waals surface area contributed by atoms with E-state index in [4.69, 9.17) is 9.97 Å². The lowest BCUT2D eigenvalue weighted by Crippen LogP contribution is -2.47. The molecule has 1 aliphatic heterocycles. The molecule has 4 rings (SSSR count). The molecule has 0 bridgehead atoms. The van der Waals surface area contributed by atoms with Crippen molar-refractivity contribution < 1.29 is 0 Å². The van der Waals surface area contributed by atoms with Crippen molar-refractivity contribution in [2.45, 2.75) is 25.8 Å². The van der Waals surface area contributed by atoms with Crippen LogP contribution in [-0.2, 0) is 0 Å². The zero-order valence-electron chi connectivity index (χ0n) is 14.6. The molecule has 0 amide bonds. The summed E-state index contributed by atoms with van der Waals surface area (Å²) in [6, 6.07) is 12.4. The normalized spacial score (nSPS) is 17.7. The van der Waals surface area contributed by atoms with Crippen molar-refractivity contribution >= 4 is 22.7 Å². The average Bonchev–Trinajstić information content (AvgIpc) is 2.68. The van der Waals surface area contributed by atoms with Crippen LogP contribution < -0.4 is 9.80 Å². The van der Waals surface area contributed by atoms with E-state index in [-0.39, 0.29) is 0 Å².